The van der Waals surface area contributed by atoms with Gasteiger partial charge in [0, 0.05) is 6.07 Å². The number of nitrogens with zero attached hydrogens (tertiary/aromatic N) is 1. The van der Waals surface area contributed by atoms with E-state index in [0.29, 0.717) is 6.07 Å². The summed E-state index contributed by atoms with van der Waals surface area (Å²) in [7, 11) is 0. The van der Waals surface area contributed by atoms with E-state index in [1.165, 1.54) is 0 Å². The number of benzene rings is 1. The first kappa shape index (κ1) is 23.6. The van der Waals surface area contributed by atoms with Crippen molar-refractivity contribution >= 4 is 11.7 Å². The van der Waals surface area contributed by atoms with Gasteiger partial charge in [-0.25, -0.2) is 9.18 Å². The maximum absolute atomic E-state index is 14.4. The third-order valence-electron chi connectivity index (χ3n) is 4.27. The normalized spacial score (nSPS) is 24.6. The molecule has 1 fully saturated rings. The molecular formula is C14H6F11NO4. The average Bonchev–Trinajstić information content (AvgIpc) is 2.63. The lowest BCUT2D eigenvalue weighted by atomic mass is 9.72. The highest BCUT2D eigenvalue weighted by Crippen LogP contribution is 2.69. The van der Waals surface area contributed by atoms with Gasteiger partial charge >= 0.3 is 41.3 Å². The summed E-state index contributed by atoms with van der Waals surface area (Å²) in [4.78, 5) is 21.1. The molecule has 1 aliphatic rings. The number of halogens is 11. The lowest BCUT2D eigenvalue weighted by molar-refractivity contribution is -0.478. The first-order valence-electron chi connectivity index (χ1n) is 7.30. The van der Waals surface area contributed by atoms with Crippen LogP contribution in [0.25, 0.3) is 0 Å². The van der Waals surface area contributed by atoms with Crippen LogP contribution in [0.1, 0.15) is 5.56 Å². The number of alkyl halides is 11. The van der Waals surface area contributed by atoms with Crippen LogP contribution in [0.3, 0.4) is 0 Å². The summed E-state index contributed by atoms with van der Waals surface area (Å²) >= 11 is 0. The van der Waals surface area contributed by atoms with E-state index < -0.39 is 64.0 Å². The van der Waals surface area contributed by atoms with Gasteiger partial charge in [-0.2, -0.15) is 43.9 Å². The predicted molar refractivity (Wildman–Crippen MR) is 71.5 cm³/mol. The molecule has 2 rings (SSSR count). The quantitative estimate of drug-likeness (QED) is 0.286. The van der Waals surface area contributed by atoms with E-state index >= 15 is 0 Å². The zero-order valence-corrected chi connectivity index (χ0v) is 13.8. The lowest BCUT2D eigenvalue weighted by Crippen LogP contribution is -2.85. The third kappa shape index (κ3) is 2.50. The fraction of sp³-hybridized carbons (Fsp3) is 0.500. The molecule has 0 amide bonds. The summed E-state index contributed by atoms with van der Waals surface area (Å²) < 4.78 is 152. The zero-order chi connectivity index (χ0) is 23.6. The number of hydrogen-bond acceptors (Lipinski definition) is 4. The standard InChI is InChI=1S/C14H6F11NO4/c15-9(8(27)30-5-6-3-1-2-4-7(6)26(28)29)10(16,17)12(20,21)14(24,25)13(22,23)11(9,18)19/h1-4H,5H2. The maximum Gasteiger partial charge on any atom is 0.384 e. The largest absolute Gasteiger partial charge is 0.458 e. The highest BCUT2D eigenvalue weighted by Gasteiger charge is 3.03. The van der Waals surface area contributed by atoms with Gasteiger partial charge in [-0.3, -0.25) is 10.1 Å². The molecule has 0 atom stereocenters. The number of nitro groups is 1. The Labute approximate surface area is 157 Å². The second kappa shape index (κ2) is 6.41. The van der Waals surface area contributed by atoms with Crippen LogP contribution >= 0.6 is 0 Å². The van der Waals surface area contributed by atoms with Crippen LogP contribution in [0.2, 0.25) is 0 Å². The van der Waals surface area contributed by atoms with Crippen LogP contribution < -0.4 is 0 Å². The molecule has 0 saturated heterocycles. The van der Waals surface area contributed by atoms with Gasteiger partial charge in [0.25, 0.3) is 5.69 Å². The van der Waals surface area contributed by atoms with Crippen LogP contribution in [0, 0.1) is 10.1 Å². The Hall–Kier alpha value is -2.68. The maximum atomic E-state index is 14.4. The van der Waals surface area contributed by atoms with Crippen LogP contribution in [0.5, 0.6) is 0 Å². The minimum Gasteiger partial charge on any atom is -0.458 e. The molecule has 16 heteroatoms. The first-order valence-corrected chi connectivity index (χ1v) is 7.30. The van der Waals surface area contributed by atoms with Gasteiger partial charge in [0.15, 0.2) is 0 Å². The molecule has 30 heavy (non-hydrogen) atoms. The molecule has 0 unspecified atom stereocenters. The minimum atomic E-state index is -7.47. The summed E-state index contributed by atoms with van der Waals surface area (Å²) in [5.74, 6) is -40.9. The van der Waals surface area contributed by atoms with E-state index in [-0.39, 0.29) is 0 Å². The van der Waals surface area contributed by atoms with Crippen LogP contribution in [0.15, 0.2) is 24.3 Å². The van der Waals surface area contributed by atoms with Crippen molar-refractivity contribution in [1.82, 2.24) is 0 Å². The molecule has 1 saturated carbocycles. The van der Waals surface area contributed by atoms with Gasteiger partial charge in [0.2, 0.25) is 0 Å². The number of esters is 1. The van der Waals surface area contributed by atoms with Gasteiger partial charge in [-0.1, -0.05) is 12.1 Å². The molecule has 0 N–H and O–H groups in total. The molecule has 0 bridgehead atoms. The Bertz CT molecular complexity index is 856. The summed E-state index contributed by atoms with van der Waals surface area (Å²) in [5, 5.41) is 10.7. The molecule has 0 heterocycles. The smallest absolute Gasteiger partial charge is 0.384 e. The molecule has 1 aromatic rings. The second-order valence-electron chi connectivity index (χ2n) is 5.99. The third-order valence-corrected chi connectivity index (χ3v) is 4.27. The number of nitro benzene ring substituents is 1. The SMILES string of the molecule is O=C(OCc1ccccc1[N+](=O)[O-])C1(F)C(F)(F)C(F)(F)C(F)(F)C(F)(F)C1(F)F. The highest BCUT2D eigenvalue weighted by molar-refractivity contribution is 5.84. The molecule has 1 aliphatic carbocycles. The minimum absolute atomic E-state index is 0.709. The van der Waals surface area contributed by atoms with Crippen LogP contribution in [0.4, 0.5) is 54.0 Å². The topological polar surface area (TPSA) is 69.4 Å². The van der Waals surface area contributed by atoms with Crippen LogP contribution in [-0.4, -0.2) is 46.2 Å². The van der Waals surface area contributed by atoms with E-state index in [9.17, 15) is 63.2 Å². The first-order chi connectivity index (χ1) is 13.3. The molecule has 168 valence electrons. The fourth-order valence-electron chi connectivity index (χ4n) is 2.53. The fourth-order valence-corrected chi connectivity index (χ4v) is 2.53. The van der Waals surface area contributed by atoms with Gasteiger partial charge in [-0.15, -0.1) is 0 Å². The molecular weight excluding hydrogens is 455 g/mol. The number of carbonyl (C=O) groups is 1. The van der Waals surface area contributed by atoms with Crippen molar-refractivity contribution in [3.63, 3.8) is 0 Å². The zero-order valence-electron chi connectivity index (χ0n) is 13.8. The van der Waals surface area contributed by atoms with Crippen molar-refractivity contribution in [3.05, 3.63) is 39.9 Å². The average molecular weight is 461 g/mol. The van der Waals surface area contributed by atoms with E-state index in [0.717, 1.165) is 18.2 Å². The molecule has 5 nitrogen and oxygen atoms in total. The molecule has 0 radical (unpaired) electrons. The summed E-state index contributed by atoms with van der Waals surface area (Å²) in [6.45, 7) is -1.69. The number of hydrogen-bond donors (Lipinski definition) is 0. The highest BCUT2D eigenvalue weighted by atomic mass is 19.4. The Morgan fingerprint density at radius 1 is 0.800 bits per heavy atom. The van der Waals surface area contributed by atoms with E-state index in [1.54, 1.807) is 0 Å². The molecule has 1 aromatic carbocycles. The van der Waals surface area contributed by atoms with Crippen molar-refractivity contribution in [3.8, 4) is 0 Å². The number of rotatable bonds is 4. The van der Waals surface area contributed by atoms with Gasteiger partial charge in [0.05, 0.1) is 10.5 Å². The van der Waals surface area contributed by atoms with Crippen molar-refractivity contribution in [1.29, 1.82) is 0 Å². The van der Waals surface area contributed by atoms with Crippen molar-refractivity contribution in [2.75, 3.05) is 0 Å². The summed E-state index contributed by atoms with van der Waals surface area (Å²) in [5.41, 5.74) is -8.67. The lowest BCUT2D eigenvalue weighted by Gasteiger charge is -2.50. The second-order valence-corrected chi connectivity index (χ2v) is 5.99. The van der Waals surface area contributed by atoms with Crippen molar-refractivity contribution in [2.24, 2.45) is 0 Å². The van der Waals surface area contributed by atoms with Gasteiger partial charge in [-0.05, 0) is 6.07 Å². The van der Waals surface area contributed by atoms with Crippen molar-refractivity contribution in [2.45, 2.75) is 41.9 Å². The van der Waals surface area contributed by atoms with Gasteiger partial charge < -0.3 is 4.74 Å². The summed E-state index contributed by atoms with van der Waals surface area (Å²) in [6.07, 6.45) is 0. The van der Waals surface area contributed by atoms with E-state index in [2.05, 4.69) is 4.74 Å². The predicted octanol–water partition coefficient (Wildman–Crippen LogP) is 4.54. The molecule has 0 spiro atoms. The Balaban J connectivity index is 2.55. The Morgan fingerprint density at radius 3 is 1.63 bits per heavy atom. The van der Waals surface area contributed by atoms with Crippen molar-refractivity contribution < 1.29 is 62.7 Å². The Kier molecular flexibility index (Phi) is 5.04. The molecule has 0 aromatic heterocycles. The van der Waals surface area contributed by atoms with Gasteiger partial charge in [0.1, 0.15) is 6.61 Å². The summed E-state index contributed by atoms with van der Waals surface area (Å²) in [6, 6.07) is 3.45. The molecule has 0 aliphatic heterocycles. The number of ether oxygens (including phenoxy) is 1. The monoisotopic (exact) mass is 461 g/mol. The van der Waals surface area contributed by atoms with E-state index in [1.807, 2.05) is 0 Å². The van der Waals surface area contributed by atoms with Crippen LogP contribution in [-0.2, 0) is 16.1 Å². The van der Waals surface area contributed by atoms with E-state index in [4.69, 9.17) is 0 Å². The number of carbonyl (C=O) groups excluding carboxylic acids is 1. The number of para-hydroxylation sites is 1. The Morgan fingerprint density at radius 2 is 1.20 bits per heavy atom.